The minimum atomic E-state index is 0.402. The van der Waals surface area contributed by atoms with Crippen LogP contribution in [0.2, 0.25) is 0 Å². The molecule has 0 saturated heterocycles. The maximum absolute atomic E-state index is 8.78. The van der Waals surface area contributed by atoms with Crippen molar-refractivity contribution in [3.63, 3.8) is 0 Å². The largest absolute Gasteiger partial charge is 0.467 e. The molecule has 2 aromatic heterocycles. The molecule has 6 heteroatoms. The van der Waals surface area contributed by atoms with E-state index in [1.807, 2.05) is 29.6 Å². The van der Waals surface area contributed by atoms with E-state index in [-0.39, 0.29) is 0 Å². The Balaban J connectivity index is 1.70. The van der Waals surface area contributed by atoms with Crippen molar-refractivity contribution in [2.75, 3.05) is 0 Å². The fraction of sp³-hybridized carbons (Fsp3) is 0.0667. The van der Waals surface area contributed by atoms with E-state index >= 15 is 0 Å². The van der Waals surface area contributed by atoms with Crippen molar-refractivity contribution >= 4 is 16.5 Å². The lowest BCUT2D eigenvalue weighted by Gasteiger charge is -1.95. The van der Waals surface area contributed by atoms with Crippen molar-refractivity contribution in [2.45, 2.75) is 6.54 Å². The van der Waals surface area contributed by atoms with Gasteiger partial charge < -0.3 is 4.42 Å². The molecule has 3 aromatic rings. The average Bonchev–Trinajstić information content (AvgIpc) is 3.19. The summed E-state index contributed by atoms with van der Waals surface area (Å²) < 4.78 is 5.17. The van der Waals surface area contributed by atoms with E-state index in [9.17, 15) is 0 Å². The number of hydrogen-bond acceptors (Lipinski definition) is 6. The summed E-state index contributed by atoms with van der Waals surface area (Å²) in [5.41, 5.74) is 2.42. The summed E-state index contributed by atoms with van der Waals surface area (Å²) in [6.45, 7) is 0.402. The number of aromatic nitrogens is 1. The second kappa shape index (κ2) is 6.11. The molecule has 0 aliphatic rings. The summed E-state index contributed by atoms with van der Waals surface area (Å²) in [7, 11) is 0. The fourth-order valence-electron chi connectivity index (χ4n) is 1.73. The van der Waals surface area contributed by atoms with Crippen molar-refractivity contribution in [2.24, 2.45) is 10.2 Å². The number of furan rings is 1. The normalized spacial score (nSPS) is 10.8. The number of thiazole rings is 1. The van der Waals surface area contributed by atoms with E-state index in [1.165, 1.54) is 11.3 Å². The van der Waals surface area contributed by atoms with Gasteiger partial charge in [-0.1, -0.05) is 12.1 Å². The first-order valence-corrected chi connectivity index (χ1v) is 7.09. The second-order valence-electron chi connectivity index (χ2n) is 4.18. The van der Waals surface area contributed by atoms with Crippen LogP contribution in [-0.2, 0) is 6.54 Å². The molecule has 3 rings (SSSR count). The zero-order valence-electron chi connectivity index (χ0n) is 10.9. The van der Waals surface area contributed by atoms with E-state index in [2.05, 4.69) is 21.3 Å². The molecule has 0 aliphatic carbocycles. The molecule has 0 spiro atoms. The van der Waals surface area contributed by atoms with Crippen LogP contribution in [0.15, 0.2) is 62.7 Å². The van der Waals surface area contributed by atoms with Crippen molar-refractivity contribution in [1.82, 2.24) is 4.98 Å². The van der Waals surface area contributed by atoms with Crippen molar-refractivity contribution in [1.29, 1.82) is 5.26 Å². The molecule has 0 aliphatic heterocycles. The third kappa shape index (κ3) is 3.22. The first-order valence-electron chi connectivity index (χ1n) is 6.21. The number of nitriles is 1. The Morgan fingerprint density at radius 3 is 2.81 bits per heavy atom. The molecule has 5 nitrogen and oxygen atoms in total. The Bertz CT molecular complexity index is 782. The van der Waals surface area contributed by atoms with Crippen LogP contribution in [0.4, 0.5) is 5.13 Å². The SMILES string of the molecule is N#Cc1ccc(-c2csc(N=NCc3ccco3)n2)cc1. The highest BCUT2D eigenvalue weighted by atomic mass is 32.1. The molecule has 0 radical (unpaired) electrons. The van der Waals surface area contributed by atoms with Gasteiger partial charge in [0.2, 0.25) is 5.13 Å². The third-order valence-corrected chi connectivity index (χ3v) is 3.49. The molecular formula is C15H10N4OS. The van der Waals surface area contributed by atoms with Crippen molar-refractivity contribution < 1.29 is 4.42 Å². The minimum absolute atomic E-state index is 0.402. The van der Waals surface area contributed by atoms with Gasteiger partial charge in [0, 0.05) is 10.9 Å². The van der Waals surface area contributed by atoms with Crippen LogP contribution >= 0.6 is 11.3 Å². The van der Waals surface area contributed by atoms with Crippen LogP contribution < -0.4 is 0 Å². The van der Waals surface area contributed by atoms with E-state index in [0.717, 1.165) is 17.0 Å². The third-order valence-electron chi connectivity index (χ3n) is 2.76. The van der Waals surface area contributed by atoms with Crippen LogP contribution in [0, 0.1) is 11.3 Å². The zero-order valence-corrected chi connectivity index (χ0v) is 11.7. The van der Waals surface area contributed by atoms with Crippen LogP contribution in [0.25, 0.3) is 11.3 Å². The molecule has 102 valence electrons. The Hall–Kier alpha value is -2.78. The van der Waals surface area contributed by atoms with E-state index in [4.69, 9.17) is 9.68 Å². The molecule has 0 fully saturated rings. The Morgan fingerprint density at radius 1 is 1.24 bits per heavy atom. The summed E-state index contributed by atoms with van der Waals surface area (Å²) in [4.78, 5) is 4.40. The Morgan fingerprint density at radius 2 is 2.10 bits per heavy atom. The zero-order chi connectivity index (χ0) is 14.5. The molecule has 0 unspecified atom stereocenters. The molecule has 21 heavy (non-hydrogen) atoms. The van der Waals surface area contributed by atoms with Crippen LogP contribution in [-0.4, -0.2) is 4.98 Å². The number of azo groups is 1. The van der Waals surface area contributed by atoms with E-state index < -0.39 is 0 Å². The number of benzene rings is 1. The minimum Gasteiger partial charge on any atom is -0.467 e. The lowest BCUT2D eigenvalue weighted by molar-refractivity contribution is 0.509. The van der Waals surface area contributed by atoms with Gasteiger partial charge in [0.15, 0.2) is 0 Å². The lowest BCUT2D eigenvalue weighted by atomic mass is 10.1. The van der Waals surface area contributed by atoms with Crippen molar-refractivity contribution in [3.8, 4) is 17.3 Å². The van der Waals surface area contributed by atoms with Crippen LogP contribution in [0.1, 0.15) is 11.3 Å². The predicted octanol–water partition coefficient (Wildman–Crippen LogP) is 4.56. The van der Waals surface area contributed by atoms with Gasteiger partial charge in [0.05, 0.1) is 23.6 Å². The fourth-order valence-corrected chi connectivity index (χ4v) is 2.39. The van der Waals surface area contributed by atoms with Gasteiger partial charge in [-0.15, -0.1) is 16.5 Å². The molecule has 0 saturated carbocycles. The topological polar surface area (TPSA) is 74.5 Å². The maximum Gasteiger partial charge on any atom is 0.230 e. The molecule has 2 heterocycles. The van der Waals surface area contributed by atoms with Gasteiger partial charge in [-0.2, -0.15) is 10.4 Å². The monoisotopic (exact) mass is 294 g/mol. The van der Waals surface area contributed by atoms with E-state index in [0.29, 0.717) is 17.2 Å². The highest BCUT2D eigenvalue weighted by Gasteiger charge is 2.04. The van der Waals surface area contributed by atoms with Crippen LogP contribution in [0.5, 0.6) is 0 Å². The summed E-state index contributed by atoms with van der Waals surface area (Å²) in [6, 6.07) is 13.0. The standard InChI is InChI=1S/C15H10N4OS/c16-8-11-3-5-12(6-4-11)14-10-21-15(18-14)19-17-9-13-2-1-7-20-13/h1-7,10H,9H2. The highest BCUT2D eigenvalue weighted by Crippen LogP contribution is 2.27. The maximum atomic E-state index is 8.78. The first-order chi connectivity index (χ1) is 10.3. The quantitative estimate of drug-likeness (QED) is 0.662. The number of rotatable bonds is 4. The van der Waals surface area contributed by atoms with Gasteiger partial charge in [-0.3, -0.25) is 0 Å². The van der Waals surface area contributed by atoms with Crippen molar-refractivity contribution in [3.05, 3.63) is 59.4 Å². The molecule has 1 aromatic carbocycles. The van der Waals surface area contributed by atoms with Gasteiger partial charge in [0.25, 0.3) is 0 Å². The Labute approximate surface area is 125 Å². The molecular weight excluding hydrogens is 284 g/mol. The molecule has 0 N–H and O–H groups in total. The summed E-state index contributed by atoms with van der Waals surface area (Å²) >= 11 is 1.42. The van der Waals surface area contributed by atoms with E-state index in [1.54, 1.807) is 18.4 Å². The first kappa shape index (κ1) is 13.2. The van der Waals surface area contributed by atoms with Crippen LogP contribution in [0.3, 0.4) is 0 Å². The van der Waals surface area contributed by atoms with Gasteiger partial charge >= 0.3 is 0 Å². The highest BCUT2D eigenvalue weighted by molar-refractivity contribution is 7.13. The van der Waals surface area contributed by atoms with Gasteiger partial charge in [0.1, 0.15) is 12.3 Å². The van der Waals surface area contributed by atoms with Gasteiger partial charge in [-0.05, 0) is 24.3 Å². The number of nitrogens with zero attached hydrogens (tertiary/aromatic N) is 4. The molecule has 0 atom stereocenters. The average molecular weight is 294 g/mol. The summed E-state index contributed by atoms with van der Waals surface area (Å²) in [6.07, 6.45) is 1.61. The summed E-state index contributed by atoms with van der Waals surface area (Å²) in [5, 5.41) is 19.4. The lowest BCUT2D eigenvalue weighted by Crippen LogP contribution is -1.78. The number of hydrogen-bond donors (Lipinski definition) is 0. The molecule has 0 bridgehead atoms. The second-order valence-corrected chi connectivity index (χ2v) is 5.02. The summed E-state index contributed by atoms with van der Waals surface area (Å²) in [5.74, 6) is 0.766. The predicted molar refractivity (Wildman–Crippen MR) is 79.2 cm³/mol. The smallest absolute Gasteiger partial charge is 0.230 e. The molecule has 0 amide bonds. The Kier molecular flexibility index (Phi) is 3.85. The van der Waals surface area contributed by atoms with Gasteiger partial charge in [-0.25, -0.2) is 4.98 Å².